The lowest BCUT2D eigenvalue weighted by Gasteiger charge is -2.39. The molecule has 0 spiro atoms. The van der Waals surface area contributed by atoms with E-state index in [1.165, 1.54) is 11.6 Å². The van der Waals surface area contributed by atoms with Crippen LogP contribution in [0.3, 0.4) is 0 Å². The minimum atomic E-state index is -0.580. The van der Waals surface area contributed by atoms with Crippen molar-refractivity contribution >= 4 is 0 Å². The van der Waals surface area contributed by atoms with E-state index in [4.69, 9.17) is 10.5 Å². The summed E-state index contributed by atoms with van der Waals surface area (Å²) in [4.78, 5) is 2.41. The van der Waals surface area contributed by atoms with Crippen LogP contribution in [-0.2, 0) is 4.74 Å². The van der Waals surface area contributed by atoms with E-state index in [0.717, 1.165) is 51.2 Å². The van der Waals surface area contributed by atoms with Crippen molar-refractivity contribution < 1.29 is 13.5 Å². The molecule has 0 aromatic heterocycles. The summed E-state index contributed by atoms with van der Waals surface area (Å²) in [5.74, 6) is -0.923. The monoisotopic (exact) mass is 335 g/mol. The lowest BCUT2D eigenvalue weighted by molar-refractivity contribution is -0.0464. The Balaban J connectivity index is 1.43. The molecule has 0 saturated carbocycles. The van der Waals surface area contributed by atoms with Crippen molar-refractivity contribution in [2.24, 2.45) is 5.73 Å². The maximum absolute atomic E-state index is 14.0. The third kappa shape index (κ3) is 2.99. The highest BCUT2D eigenvalue weighted by molar-refractivity contribution is 5.28. The minimum Gasteiger partial charge on any atom is -0.370 e. The zero-order valence-electron chi connectivity index (χ0n) is 13.6. The summed E-state index contributed by atoms with van der Waals surface area (Å²) in [5, 5.41) is 3.41. The van der Waals surface area contributed by atoms with Crippen LogP contribution in [0.25, 0.3) is 0 Å². The van der Waals surface area contributed by atoms with Crippen LogP contribution in [0.4, 0.5) is 8.78 Å². The molecule has 1 aromatic rings. The number of benzene rings is 1. The van der Waals surface area contributed by atoms with Crippen LogP contribution in [0.15, 0.2) is 29.3 Å². The molecule has 3 aliphatic heterocycles. The molecule has 1 aromatic carbocycles. The van der Waals surface area contributed by atoms with Gasteiger partial charge in [-0.2, -0.15) is 0 Å². The van der Waals surface area contributed by atoms with Crippen molar-refractivity contribution in [2.75, 3.05) is 32.8 Å². The van der Waals surface area contributed by atoms with Gasteiger partial charge in [-0.15, -0.1) is 0 Å². The Morgan fingerprint density at radius 2 is 2.04 bits per heavy atom. The van der Waals surface area contributed by atoms with Gasteiger partial charge in [-0.1, -0.05) is 5.57 Å². The summed E-state index contributed by atoms with van der Waals surface area (Å²) in [6.45, 7) is 4.47. The van der Waals surface area contributed by atoms with Crippen molar-refractivity contribution in [3.05, 3.63) is 46.5 Å². The van der Waals surface area contributed by atoms with Gasteiger partial charge in [-0.25, -0.2) is 8.78 Å². The van der Waals surface area contributed by atoms with Gasteiger partial charge in [0.05, 0.1) is 6.61 Å². The van der Waals surface area contributed by atoms with Crippen LogP contribution in [0.2, 0.25) is 0 Å². The van der Waals surface area contributed by atoms with Crippen LogP contribution in [0, 0.1) is 11.6 Å². The van der Waals surface area contributed by atoms with E-state index in [2.05, 4.69) is 10.2 Å². The Kier molecular flexibility index (Phi) is 4.39. The third-order valence-corrected chi connectivity index (χ3v) is 5.41. The molecule has 3 aliphatic rings. The van der Waals surface area contributed by atoms with Gasteiger partial charge in [-0.3, -0.25) is 4.90 Å². The summed E-state index contributed by atoms with van der Waals surface area (Å²) < 4.78 is 33.3. The van der Waals surface area contributed by atoms with Crippen LogP contribution in [0.5, 0.6) is 0 Å². The smallest absolute Gasteiger partial charge is 0.129 e. The fraction of sp³-hybridized carbons (Fsp3) is 0.556. The van der Waals surface area contributed by atoms with Gasteiger partial charge in [0.2, 0.25) is 0 Å². The predicted molar refractivity (Wildman–Crippen MR) is 87.5 cm³/mol. The molecule has 0 amide bonds. The molecule has 24 heavy (non-hydrogen) atoms. The van der Waals surface area contributed by atoms with E-state index >= 15 is 0 Å². The molecular weight excluding hydrogens is 312 g/mol. The van der Waals surface area contributed by atoms with Gasteiger partial charge in [0.1, 0.15) is 17.7 Å². The molecule has 3 heterocycles. The highest BCUT2D eigenvalue weighted by Gasteiger charge is 2.37. The van der Waals surface area contributed by atoms with Crippen LogP contribution in [0.1, 0.15) is 24.5 Å². The zero-order chi connectivity index (χ0) is 16.7. The minimum absolute atomic E-state index is 0.226. The summed E-state index contributed by atoms with van der Waals surface area (Å²) in [6.07, 6.45) is 1.26. The molecule has 3 atom stereocenters. The number of hydrogen-bond acceptors (Lipinski definition) is 4. The van der Waals surface area contributed by atoms with Gasteiger partial charge < -0.3 is 15.8 Å². The molecule has 0 bridgehead atoms. The normalized spacial score (nSPS) is 31.4. The van der Waals surface area contributed by atoms with Crippen LogP contribution >= 0.6 is 0 Å². The standard InChI is InChI=1S/C18H23F2N3O/c19-13-1-2-16(20)15(5-13)18-17(21)6-14(10-24-18)23-8-11-3-4-22-7-12(11)9-23/h1-2,5,14,17-18,22H,3-4,6-10,21H2/t14-,17+,18-/m1/s1. The SMILES string of the molecule is N[C@H]1C[C@@H](N2CC3=C(CNCC3)C2)CO[C@@H]1c1cc(F)ccc1F. The van der Waals surface area contributed by atoms with Crippen molar-refractivity contribution in [1.29, 1.82) is 0 Å². The topological polar surface area (TPSA) is 50.5 Å². The Hall–Kier alpha value is -1.34. The first-order valence-electron chi connectivity index (χ1n) is 8.58. The lowest BCUT2D eigenvalue weighted by atomic mass is 9.93. The van der Waals surface area contributed by atoms with Crippen molar-refractivity contribution in [3.63, 3.8) is 0 Å². The number of ether oxygens (including phenoxy) is 1. The van der Waals surface area contributed by atoms with Crippen molar-refractivity contribution in [3.8, 4) is 0 Å². The Morgan fingerprint density at radius 3 is 2.83 bits per heavy atom. The van der Waals surface area contributed by atoms with E-state index in [-0.39, 0.29) is 17.6 Å². The quantitative estimate of drug-likeness (QED) is 0.808. The number of rotatable bonds is 2. The van der Waals surface area contributed by atoms with E-state index < -0.39 is 17.7 Å². The molecule has 4 rings (SSSR count). The average Bonchev–Trinajstić information content (AvgIpc) is 3.01. The third-order valence-electron chi connectivity index (χ3n) is 5.41. The molecule has 0 aliphatic carbocycles. The average molecular weight is 335 g/mol. The first-order valence-corrected chi connectivity index (χ1v) is 8.58. The summed E-state index contributed by atoms with van der Waals surface area (Å²) in [5.41, 5.74) is 9.53. The van der Waals surface area contributed by atoms with Crippen LogP contribution < -0.4 is 11.1 Å². The fourth-order valence-corrected chi connectivity index (χ4v) is 4.09. The maximum Gasteiger partial charge on any atom is 0.129 e. The number of nitrogens with two attached hydrogens (primary N) is 1. The van der Waals surface area contributed by atoms with Crippen LogP contribution in [-0.4, -0.2) is 49.8 Å². The zero-order valence-corrected chi connectivity index (χ0v) is 13.6. The Labute approximate surface area is 140 Å². The lowest BCUT2D eigenvalue weighted by Crippen LogP contribution is -2.49. The number of nitrogens with zero attached hydrogens (tertiary/aromatic N) is 1. The highest BCUT2D eigenvalue weighted by Crippen LogP contribution is 2.33. The number of hydrogen-bond donors (Lipinski definition) is 2. The van der Waals surface area contributed by atoms with Crippen molar-refractivity contribution in [2.45, 2.75) is 31.0 Å². The summed E-state index contributed by atoms with van der Waals surface area (Å²) in [6, 6.07) is 3.35. The van der Waals surface area contributed by atoms with Gasteiger partial charge in [0, 0.05) is 37.3 Å². The first-order chi connectivity index (χ1) is 11.6. The second-order valence-electron chi connectivity index (χ2n) is 7.01. The second kappa shape index (κ2) is 6.52. The molecule has 1 saturated heterocycles. The number of nitrogens with one attached hydrogen (secondary N) is 1. The van der Waals surface area contributed by atoms with E-state index in [1.54, 1.807) is 5.57 Å². The number of halogens is 2. The molecule has 3 N–H and O–H groups in total. The second-order valence-corrected chi connectivity index (χ2v) is 7.01. The van der Waals surface area contributed by atoms with Crippen molar-refractivity contribution in [1.82, 2.24) is 10.2 Å². The molecular formula is C18H23F2N3O. The van der Waals surface area contributed by atoms with Gasteiger partial charge in [0.15, 0.2) is 0 Å². The largest absolute Gasteiger partial charge is 0.370 e. The molecule has 4 nitrogen and oxygen atoms in total. The van der Waals surface area contributed by atoms with E-state index in [9.17, 15) is 8.78 Å². The maximum atomic E-state index is 14.0. The molecule has 6 heteroatoms. The van der Waals surface area contributed by atoms with E-state index in [0.29, 0.717) is 6.61 Å². The molecule has 0 unspecified atom stereocenters. The fourth-order valence-electron chi connectivity index (χ4n) is 4.09. The van der Waals surface area contributed by atoms with Gasteiger partial charge >= 0.3 is 0 Å². The van der Waals surface area contributed by atoms with E-state index in [1.807, 2.05) is 0 Å². The molecule has 1 fully saturated rings. The predicted octanol–water partition coefficient (Wildman–Crippen LogP) is 1.73. The summed E-state index contributed by atoms with van der Waals surface area (Å²) >= 11 is 0. The molecule has 0 radical (unpaired) electrons. The Morgan fingerprint density at radius 1 is 1.21 bits per heavy atom. The molecule has 130 valence electrons. The van der Waals surface area contributed by atoms with Gasteiger partial charge in [-0.05, 0) is 43.2 Å². The summed E-state index contributed by atoms with van der Waals surface area (Å²) in [7, 11) is 0. The first kappa shape index (κ1) is 16.1. The van der Waals surface area contributed by atoms with Gasteiger partial charge in [0.25, 0.3) is 0 Å². The Bertz CT molecular complexity index is 646. The highest BCUT2D eigenvalue weighted by atomic mass is 19.1.